The number of sulfone groups is 1. The number of thiocarbonyl (C=S) groups is 3. The number of hydrogen-bond donors (Lipinski definition) is 6. The Morgan fingerprint density at radius 1 is 0.296 bits per heavy atom. The number of nitrogens with two attached hydrogens (primary N) is 3. The molecule has 0 saturated heterocycles. The summed E-state index contributed by atoms with van der Waals surface area (Å²) in [7, 11) is -43.5. The van der Waals surface area contributed by atoms with Gasteiger partial charge in [0.15, 0.2) is 9.84 Å². The highest BCUT2D eigenvalue weighted by Gasteiger charge is 2.18. The lowest BCUT2D eigenvalue weighted by atomic mass is 10.2. The highest BCUT2D eigenvalue weighted by atomic mass is 35.5. The van der Waals surface area contributed by atoms with Crippen LogP contribution in [0.4, 0.5) is 0 Å². The number of rotatable bonds is 16. The van der Waals surface area contributed by atoms with E-state index >= 15 is 0 Å². The second-order valence-corrected chi connectivity index (χ2v) is 38.4. The van der Waals surface area contributed by atoms with Gasteiger partial charge >= 0.3 is 17.9 Å². The number of carboxylic acids is 3. The van der Waals surface area contributed by atoms with E-state index in [1.54, 1.807) is 18.2 Å². The van der Waals surface area contributed by atoms with Crippen LogP contribution in [-0.2, 0) is 101 Å². The van der Waals surface area contributed by atoms with E-state index in [0.717, 1.165) is 79.1 Å². The van der Waals surface area contributed by atoms with Crippen molar-refractivity contribution in [3.05, 3.63) is 298 Å². The van der Waals surface area contributed by atoms with Crippen LogP contribution in [0.1, 0.15) is 64.5 Å². The number of halogens is 1. The molecule has 125 heavy (non-hydrogen) atoms. The topological polar surface area (TPSA) is 810 Å². The molecule has 0 unspecified atom stereocenters. The lowest BCUT2D eigenvalue weighted by Gasteiger charge is -2.10. The molecule has 55 heteroatoms. The molecule has 0 aliphatic heterocycles. The largest absolute Gasteiger partial charge is 0.744 e. The van der Waals surface area contributed by atoms with Crippen molar-refractivity contribution >= 4 is 182 Å². The van der Waals surface area contributed by atoms with Crippen molar-refractivity contribution in [2.75, 3.05) is 6.26 Å². The molecule has 0 atom stereocenters. The van der Waals surface area contributed by atoms with Gasteiger partial charge in [-0.3, -0.25) is 0 Å². The molecule has 0 spiro atoms. The Bertz CT molecular complexity index is 6750. The van der Waals surface area contributed by atoms with Gasteiger partial charge in [0.2, 0.25) is 0 Å². The summed E-state index contributed by atoms with van der Waals surface area (Å²) < 4.78 is 305. The number of nitrogens with zero attached hydrogens (tertiary/aromatic N) is 3. The van der Waals surface area contributed by atoms with Crippen LogP contribution in [0.3, 0.4) is 0 Å². The monoisotopic (exact) mass is 1990 g/mol. The minimum atomic E-state index is -4.57. The quantitative estimate of drug-likeness (QED) is 0.0565. The van der Waals surface area contributed by atoms with Gasteiger partial charge in [0, 0.05) is 28.0 Å². The molecule has 9 N–H and O–H groups in total. The summed E-state index contributed by atoms with van der Waals surface area (Å²) in [5.41, 5.74) is 16.6. The lowest BCUT2D eigenvalue weighted by Crippen LogP contribution is -2.14. The minimum Gasteiger partial charge on any atom is -0.744 e. The molecule has 0 aromatic heterocycles. The predicted molar refractivity (Wildman–Crippen MR) is 437 cm³/mol. The molecule has 0 heterocycles. The second kappa shape index (κ2) is 48.4. The first-order chi connectivity index (χ1) is 57.1. The zero-order valence-electron chi connectivity index (χ0n) is 61.8. The maximum absolute atomic E-state index is 11.1. The molecule has 0 amide bonds. The number of aromatic carboxylic acids is 3. The van der Waals surface area contributed by atoms with Gasteiger partial charge in [-0.05, 0) is 164 Å². The van der Waals surface area contributed by atoms with E-state index in [-0.39, 0.29) is 82.6 Å². The van der Waals surface area contributed by atoms with E-state index in [9.17, 15) is 140 Å². The van der Waals surface area contributed by atoms with Gasteiger partial charge < -0.3 is 73.5 Å². The summed E-state index contributed by atoms with van der Waals surface area (Å²) in [5, 5.41) is 51.2. The molecule has 10 aromatic carbocycles. The second-order valence-electron chi connectivity index (χ2n) is 22.3. The summed E-state index contributed by atoms with van der Waals surface area (Å²) >= 11 is 19.3. The molecule has 0 radical (unpaired) electrons. The fourth-order valence-corrected chi connectivity index (χ4v) is 14.1. The number of carboxylic acid groups (broad SMARTS) is 3. The van der Waals surface area contributed by atoms with Crippen molar-refractivity contribution in [3.8, 4) is 18.2 Å². The Morgan fingerprint density at radius 3 is 0.904 bits per heavy atom. The molecule has 0 bridgehead atoms. The molecule has 10 aromatic rings. The zero-order valence-corrected chi connectivity index (χ0v) is 73.1. The summed E-state index contributed by atoms with van der Waals surface area (Å²) in [5.74, 6) is -3.68. The molecule has 0 fully saturated rings. The molecule has 0 saturated carbocycles. The van der Waals surface area contributed by atoms with Gasteiger partial charge in [0.1, 0.15) is 112 Å². The van der Waals surface area contributed by atoms with Crippen molar-refractivity contribution < 1.29 is 155 Å². The molecular formula is C70H52ClN6O35S13-9. The van der Waals surface area contributed by atoms with Crippen LogP contribution in [0.15, 0.2) is 292 Å². The maximum atomic E-state index is 11.1. The molecule has 0 aliphatic rings. The van der Waals surface area contributed by atoms with Gasteiger partial charge in [-0.25, -0.2) is 98.6 Å². The predicted octanol–water partition coefficient (Wildman–Crippen LogP) is 4.67. The fourth-order valence-electron chi connectivity index (χ4n) is 7.79. The number of nitriles is 3. The smallest absolute Gasteiger partial charge is 0.337 e. The number of carbonyl (C=O) groups is 3. The Balaban J connectivity index is 0.000000695. The van der Waals surface area contributed by atoms with Crippen LogP contribution in [0.5, 0.6) is 0 Å². The fraction of sp³-hybridized carbons (Fsp3) is 0.0143. The van der Waals surface area contributed by atoms with E-state index in [4.69, 9.17) is 59.9 Å². The number of hydrogen-bond acceptors (Lipinski definition) is 38. The van der Waals surface area contributed by atoms with Crippen LogP contribution < -0.4 is 17.2 Å². The highest BCUT2D eigenvalue weighted by Crippen LogP contribution is 2.20. The van der Waals surface area contributed by atoms with Crippen molar-refractivity contribution in [1.82, 2.24) is 0 Å². The normalized spacial score (nSPS) is 11.0. The lowest BCUT2D eigenvalue weighted by molar-refractivity contribution is 0.0683. The molecule has 666 valence electrons. The van der Waals surface area contributed by atoms with Crippen LogP contribution in [0.2, 0.25) is 5.02 Å². The van der Waals surface area contributed by atoms with E-state index in [1.165, 1.54) is 164 Å². The third-order valence-electron chi connectivity index (χ3n) is 13.4. The van der Waals surface area contributed by atoms with E-state index in [1.807, 2.05) is 6.07 Å². The first kappa shape index (κ1) is 111. The maximum Gasteiger partial charge on any atom is 0.337 e. The van der Waals surface area contributed by atoms with Gasteiger partial charge in [0.05, 0.1) is 94.5 Å². The SMILES string of the molecule is CS(=O)(=O)c1ccccc1C(=O)O.N#Cc1ccc(S(=O)(=O)[O-])cc1.N#Cc1cccc(S(=O)(=O)[O-])c1.N#Cc1ccccc1S(=O)(=O)[O-].NC(=S)c1ccc(S(=O)(=O)[O-])cc1.NC(=S)c1cccc(S(=O)(=O)[O-])c1.NC(=S)c1ccccc1S(=O)(=O)[O-].O=C(O)c1ccc(S(=O)(=O)[O-])cc1.O=C(O)c1cccc(S(=O)(=O)[O-])c1.O=S(=O)([O-])c1ccc(Cl)cc1. The van der Waals surface area contributed by atoms with E-state index in [0.29, 0.717) is 21.7 Å². The summed E-state index contributed by atoms with van der Waals surface area (Å²) in [6, 6.07) is 55.1. The zero-order chi connectivity index (χ0) is 96.4. The minimum absolute atomic E-state index is 0.0606. The first-order valence-electron chi connectivity index (χ1n) is 31.4. The average molecular weight is 1990 g/mol. The standard InChI is InChI=1S/C8H8O4S.3C7H7NO3S2.3C7H5NO3S.2C7H6O5S.C6H5ClO3S/c1-13(11,12)7-5-3-2-4-6(7)8(9)10;8-7(12)5-1-3-6(4-2-5)13(9,10)11;8-7(12)5-2-1-3-6(4-5)13(9,10)11;8-7(12)5-3-1-2-4-6(5)13(9,10)11;8-5-6-1-3-7(4-2-6)12(9,10)11;8-5-6-2-1-3-7(4-6)12(9,10)11;8-5-6-3-1-2-4-7(6)12(9,10)11;8-7(9)5-1-3-6(4-2-5)13(10,11)12;8-7(9)5-2-1-3-6(4-5)13(10,11)12;7-5-1-3-6(4-2-5)11(8,9)10/h2-5H,1H3,(H,9,10);3*1-4H,(H2,8,12)(H,9,10,11);3*1-4H,(H,9,10,11);2*1-4H,(H,8,9)(H,10,11,12);1-4H,(H,8,9,10)/p-9. The Hall–Kier alpha value is -11.8. The molecule has 10 rings (SSSR count). The molecule has 41 nitrogen and oxygen atoms in total. The molecule has 0 aliphatic carbocycles. The highest BCUT2D eigenvalue weighted by molar-refractivity contribution is 7.91. The summed E-state index contributed by atoms with van der Waals surface area (Å²) in [4.78, 5) is 27.9. The van der Waals surface area contributed by atoms with Crippen molar-refractivity contribution in [1.29, 1.82) is 15.8 Å². The van der Waals surface area contributed by atoms with E-state index < -0.39 is 133 Å². The van der Waals surface area contributed by atoms with Gasteiger partial charge in [0.25, 0.3) is 0 Å². The Morgan fingerprint density at radius 2 is 0.600 bits per heavy atom. The van der Waals surface area contributed by atoms with Crippen molar-refractivity contribution in [2.45, 2.75) is 49.0 Å². The van der Waals surface area contributed by atoms with E-state index in [2.05, 4.69) is 36.7 Å². The third-order valence-corrected chi connectivity index (χ3v) is 23.2. The van der Waals surface area contributed by atoms with Gasteiger partial charge in [-0.2, -0.15) is 15.8 Å². The van der Waals surface area contributed by atoms with Crippen molar-refractivity contribution in [3.63, 3.8) is 0 Å². The van der Waals surface area contributed by atoms with Gasteiger partial charge in [-0.1, -0.05) is 127 Å². The molecular weight excluding hydrogens is 1940 g/mol. The number of benzene rings is 10. The first-order valence-corrected chi connectivity index (χ1v) is 47.6. The van der Waals surface area contributed by atoms with Crippen LogP contribution in [0.25, 0.3) is 0 Å². The Kier molecular flexibility index (Phi) is 43.1. The average Bonchev–Trinajstić information content (AvgIpc) is 0.831. The van der Waals surface area contributed by atoms with Crippen LogP contribution in [0, 0.1) is 34.0 Å². The summed E-state index contributed by atoms with van der Waals surface area (Å²) in [6.45, 7) is 0. The Labute approximate surface area is 734 Å². The van der Waals surface area contributed by atoms with Crippen LogP contribution in [-0.4, -0.2) is 180 Å². The van der Waals surface area contributed by atoms with Crippen LogP contribution >= 0.6 is 48.3 Å². The van der Waals surface area contributed by atoms with Gasteiger partial charge in [-0.15, -0.1) is 0 Å². The summed E-state index contributed by atoms with van der Waals surface area (Å²) in [6.07, 6.45) is 0.981. The third kappa shape index (κ3) is 41.5. The van der Waals surface area contributed by atoms with Crippen molar-refractivity contribution in [2.24, 2.45) is 17.2 Å².